The fourth-order valence-electron chi connectivity index (χ4n) is 1.98. The number of piperidine rings is 1. The van der Waals surface area contributed by atoms with Crippen molar-refractivity contribution in [3.8, 4) is 0 Å². The predicted molar refractivity (Wildman–Crippen MR) is 61.4 cm³/mol. The van der Waals surface area contributed by atoms with Gasteiger partial charge < -0.3 is 10.1 Å². The van der Waals surface area contributed by atoms with Crippen LogP contribution in [0.2, 0.25) is 0 Å². The monoisotopic (exact) mass is 222 g/mol. The van der Waals surface area contributed by atoms with Crippen LogP contribution in [0.15, 0.2) is 18.3 Å². The molecule has 2 heterocycles. The molecule has 0 amide bonds. The largest absolute Gasteiger partial charge is 0.390 e. The zero-order valence-electron chi connectivity index (χ0n) is 9.57. The number of nitrogens with zero attached hydrogens (tertiary/aromatic N) is 1. The fourth-order valence-corrected chi connectivity index (χ4v) is 1.98. The zero-order chi connectivity index (χ0) is 11.6. The second kappa shape index (κ2) is 4.39. The Morgan fingerprint density at radius 3 is 2.81 bits per heavy atom. The van der Waals surface area contributed by atoms with E-state index in [1.54, 1.807) is 12.3 Å². The number of aromatic amines is 1. The molecule has 88 valence electrons. The molecule has 2 rings (SSSR count). The lowest BCUT2D eigenvalue weighted by molar-refractivity contribution is -0.00422. The summed E-state index contributed by atoms with van der Waals surface area (Å²) in [5, 5.41) is 9.79. The number of aromatic nitrogens is 1. The highest BCUT2D eigenvalue weighted by molar-refractivity contribution is 5.95. The molecule has 4 heteroatoms. The molecule has 1 fully saturated rings. The molecule has 1 aliphatic rings. The van der Waals surface area contributed by atoms with E-state index < -0.39 is 5.60 Å². The van der Waals surface area contributed by atoms with Gasteiger partial charge >= 0.3 is 0 Å². The lowest BCUT2D eigenvalue weighted by Gasteiger charge is -2.35. The van der Waals surface area contributed by atoms with Crippen LogP contribution in [0.1, 0.15) is 30.3 Å². The topological polar surface area (TPSA) is 56.3 Å². The molecule has 0 aliphatic carbocycles. The van der Waals surface area contributed by atoms with Crippen LogP contribution in [0.5, 0.6) is 0 Å². The van der Waals surface area contributed by atoms with Gasteiger partial charge in [-0.3, -0.25) is 9.69 Å². The SMILES string of the molecule is CC1(O)CCN(CC(=O)c2ccc[nH]2)CC1. The maximum atomic E-state index is 11.8. The van der Waals surface area contributed by atoms with Crippen LogP contribution in [0.25, 0.3) is 0 Å². The third kappa shape index (κ3) is 2.71. The van der Waals surface area contributed by atoms with Crippen molar-refractivity contribution >= 4 is 5.78 Å². The van der Waals surface area contributed by atoms with Crippen molar-refractivity contribution in [2.24, 2.45) is 0 Å². The van der Waals surface area contributed by atoms with E-state index in [9.17, 15) is 9.90 Å². The summed E-state index contributed by atoms with van der Waals surface area (Å²) >= 11 is 0. The van der Waals surface area contributed by atoms with Gasteiger partial charge in [0.05, 0.1) is 17.8 Å². The Hall–Kier alpha value is -1.13. The molecule has 0 spiro atoms. The van der Waals surface area contributed by atoms with Gasteiger partial charge in [-0.15, -0.1) is 0 Å². The highest BCUT2D eigenvalue weighted by atomic mass is 16.3. The number of carbonyl (C=O) groups is 1. The number of nitrogens with one attached hydrogen (secondary N) is 1. The molecular formula is C12H18N2O2. The molecule has 0 unspecified atom stereocenters. The molecule has 1 aromatic heterocycles. The molecule has 1 aliphatic heterocycles. The average molecular weight is 222 g/mol. The standard InChI is InChI=1S/C12H18N2O2/c1-12(16)4-7-14(8-5-12)9-11(15)10-3-2-6-13-10/h2-3,6,13,16H,4-5,7-9H2,1H3. The summed E-state index contributed by atoms with van der Waals surface area (Å²) in [7, 11) is 0. The number of rotatable bonds is 3. The van der Waals surface area contributed by atoms with E-state index in [0.717, 1.165) is 25.9 Å². The number of hydrogen-bond donors (Lipinski definition) is 2. The molecule has 2 N–H and O–H groups in total. The maximum Gasteiger partial charge on any atom is 0.192 e. The molecule has 16 heavy (non-hydrogen) atoms. The van der Waals surface area contributed by atoms with Crippen LogP contribution in [-0.2, 0) is 0 Å². The van der Waals surface area contributed by atoms with E-state index in [1.165, 1.54) is 0 Å². The first kappa shape index (κ1) is 11.4. The fraction of sp³-hybridized carbons (Fsp3) is 0.583. The minimum Gasteiger partial charge on any atom is -0.390 e. The minimum absolute atomic E-state index is 0.117. The molecule has 0 radical (unpaired) electrons. The van der Waals surface area contributed by atoms with Gasteiger partial charge in [-0.05, 0) is 31.9 Å². The van der Waals surface area contributed by atoms with Gasteiger partial charge in [0, 0.05) is 19.3 Å². The van der Waals surface area contributed by atoms with Gasteiger partial charge in [0.15, 0.2) is 5.78 Å². The van der Waals surface area contributed by atoms with Crippen molar-refractivity contribution < 1.29 is 9.90 Å². The second-order valence-corrected chi connectivity index (χ2v) is 4.78. The molecule has 1 saturated heterocycles. The van der Waals surface area contributed by atoms with Crippen LogP contribution in [0.3, 0.4) is 0 Å². The Bertz CT molecular complexity index is 347. The first-order valence-corrected chi connectivity index (χ1v) is 5.68. The normalized spacial score (nSPS) is 20.9. The lowest BCUT2D eigenvalue weighted by atomic mass is 9.94. The summed E-state index contributed by atoms with van der Waals surface area (Å²) in [6.07, 6.45) is 3.24. The molecule has 4 nitrogen and oxygen atoms in total. The van der Waals surface area contributed by atoms with Crippen molar-refractivity contribution in [2.45, 2.75) is 25.4 Å². The molecule has 0 bridgehead atoms. The third-order valence-corrected chi connectivity index (χ3v) is 3.20. The number of carbonyl (C=O) groups excluding carboxylic acids is 1. The van der Waals surface area contributed by atoms with Crippen molar-refractivity contribution in [3.63, 3.8) is 0 Å². The number of hydrogen-bond acceptors (Lipinski definition) is 3. The summed E-state index contributed by atoms with van der Waals surface area (Å²) in [6, 6.07) is 3.62. The summed E-state index contributed by atoms with van der Waals surface area (Å²) in [4.78, 5) is 16.8. The van der Waals surface area contributed by atoms with Crippen molar-refractivity contribution in [2.75, 3.05) is 19.6 Å². The summed E-state index contributed by atoms with van der Waals surface area (Å²) in [6.45, 7) is 3.88. The van der Waals surface area contributed by atoms with Gasteiger partial charge in [-0.25, -0.2) is 0 Å². The molecular weight excluding hydrogens is 204 g/mol. The highest BCUT2D eigenvalue weighted by Gasteiger charge is 2.28. The summed E-state index contributed by atoms with van der Waals surface area (Å²) in [5.74, 6) is 0.117. The Kier molecular flexibility index (Phi) is 3.12. The van der Waals surface area contributed by atoms with Gasteiger partial charge in [0.25, 0.3) is 0 Å². The zero-order valence-corrected chi connectivity index (χ0v) is 9.57. The van der Waals surface area contributed by atoms with Crippen LogP contribution < -0.4 is 0 Å². The third-order valence-electron chi connectivity index (χ3n) is 3.20. The number of H-pyrrole nitrogens is 1. The van der Waals surface area contributed by atoms with E-state index >= 15 is 0 Å². The first-order valence-electron chi connectivity index (χ1n) is 5.68. The molecule has 0 saturated carbocycles. The molecule has 0 aromatic carbocycles. The number of aliphatic hydroxyl groups is 1. The first-order chi connectivity index (χ1) is 7.57. The predicted octanol–water partition coefficient (Wildman–Crippen LogP) is 1.04. The van der Waals surface area contributed by atoms with Crippen molar-refractivity contribution in [1.29, 1.82) is 0 Å². The summed E-state index contributed by atoms with van der Waals surface area (Å²) < 4.78 is 0. The van der Waals surface area contributed by atoms with Crippen molar-refractivity contribution in [1.82, 2.24) is 9.88 Å². The van der Waals surface area contributed by atoms with Crippen LogP contribution in [0, 0.1) is 0 Å². The number of Topliss-reactive ketones (excluding diaryl/α,β-unsaturated/α-hetero) is 1. The van der Waals surface area contributed by atoms with Gasteiger partial charge in [0.1, 0.15) is 0 Å². The molecule has 0 atom stereocenters. The Morgan fingerprint density at radius 1 is 1.56 bits per heavy atom. The lowest BCUT2D eigenvalue weighted by Crippen LogP contribution is -2.44. The second-order valence-electron chi connectivity index (χ2n) is 4.78. The Morgan fingerprint density at radius 2 is 2.25 bits per heavy atom. The van der Waals surface area contributed by atoms with Gasteiger partial charge in [0.2, 0.25) is 0 Å². The molecule has 1 aromatic rings. The quantitative estimate of drug-likeness (QED) is 0.751. The van der Waals surface area contributed by atoms with Gasteiger partial charge in [-0.1, -0.05) is 0 Å². The highest BCUT2D eigenvalue weighted by Crippen LogP contribution is 2.20. The maximum absolute atomic E-state index is 11.8. The Balaban J connectivity index is 1.85. The van der Waals surface area contributed by atoms with E-state index in [-0.39, 0.29) is 5.78 Å². The van der Waals surface area contributed by atoms with E-state index in [4.69, 9.17) is 0 Å². The van der Waals surface area contributed by atoms with E-state index in [2.05, 4.69) is 9.88 Å². The van der Waals surface area contributed by atoms with E-state index in [1.807, 2.05) is 13.0 Å². The van der Waals surface area contributed by atoms with Crippen LogP contribution >= 0.6 is 0 Å². The number of ketones is 1. The average Bonchev–Trinajstić information content (AvgIpc) is 2.74. The van der Waals surface area contributed by atoms with Crippen molar-refractivity contribution in [3.05, 3.63) is 24.0 Å². The summed E-state index contributed by atoms with van der Waals surface area (Å²) in [5.41, 5.74) is 0.115. The number of likely N-dealkylation sites (tertiary alicyclic amines) is 1. The van der Waals surface area contributed by atoms with Crippen LogP contribution in [0.4, 0.5) is 0 Å². The van der Waals surface area contributed by atoms with Gasteiger partial charge in [-0.2, -0.15) is 0 Å². The smallest absolute Gasteiger partial charge is 0.192 e. The Labute approximate surface area is 95.3 Å². The van der Waals surface area contributed by atoms with Crippen LogP contribution in [-0.4, -0.2) is 46.0 Å². The van der Waals surface area contributed by atoms with E-state index in [0.29, 0.717) is 12.2 Å². The minimum atomic E-state index is -0.550.